The lowest BCUT2D eigenvalue weighted by Crippen LogP contribution is -2.09. The first-order chi connectivity index (χ1) is 12.5. The Morgan fingerprint density at radius 1 is 1.08 bits per heavy atom. The average Bonchev–Trinajstić information content (AvgIpc) is 2.65. The summed E-state index contributed by atoms with van der Waals surface area (Å²) in [6.45, 7) is 5.67. The van der Waals surface area contributed by atoms with Crippen LogP contribution in [0.5, 0.6) is 6.01 Å². The second-order valence-electron chi connectivity index (χ2n) is 5.63. The van der Waals surface area contributed by atoms with Gasteiger partial charge in [-0.2, -0.15) is 4.98 Å². The molecule has 0 aliphatic carbocycles. The third kappa shape index (κ3) is 4.22. The summed E-state index contributed by atoms with van der Waals surface area (Å²) in [7, 11) is 0. The van der Waals surface area contributed by atoms with Gasteiger partial charge in [0, 0.05) is 5.70 Å². The van der Waals surface area contributed by atoms with Gasteiger partial charge in [0.25, 0.3) is 0 Å². The first-order valence-electron chi connectivity index (χ1n) is 7.99. The fourth-order valence-electron chi connectivity index (χ4n) is 2.31. The number of rotatable bonds is 6. The van der Waals surface area contributed by atoms with Crippen molar-refractivity contribution in [3.63, 3.8) is 0 Å². The predicted molar refractivity (Wildman–Crippen MR) is 96.5 cm³/mol. The highest BCUT2D eigenvalue weighted by Crippen LogP contribution is 2.23. The van der Waals surface area contributed by atoms with Gasteiger partial charge < -0.3 is 10.1 Å². The van der Waals surface area contributed by atoms with Crippen molar-refractivity contribution in [2.45, 2.75) is 13.0 Å². The lowest BCUT2D eigenvalue weighted by molar-refractivity contribution is 0.207. The number of aromatic nitrogens is 2. The predicted octanol–water partition coefficient (Wildman–Crippen LogP) is 4.98. The molecule has 3 aromatic rings. The highest BCUT2D eigenvalue weighted by molar-refractivity contribution is 5.73. The van der Waals surface area contributed by atoms with E-state index in [4.69, 9.17) is 4.74 Å². The molecular weight excluding hydrogens is 336 g/mol. The topological polar surface area (TPSA) is 47.0 Å². The van der Waals surface area contributed by atoms with Crippen LogP contribution in [0, 0.1) is 11.6 Å². The molecular formula is C20H17F2N3O. The van der Waals surface area contributed by atoms with Crippen molar-refractivity contribution < 1.29 is 13.5 Å². The van der Waals surface area contributed by atoms with Crippen LogP contribution < -0.4 is 10.1 Å². The van der Waals surface area contributed by atoms with E-state index in [1.165, 1.54) is 12.1 Å². The molecule has 0 aliphatic rings. The SMILES string of the molecule is C=C(Nc1nc(OC(C)c2ccc(F)cc2)ncc1F)c1ccccc1. The molecule has 2 aromatic carbocycles. The van der Waals surface area contributed by atoms with Crippen LogP contribution in [-0.2, 0) is 0 Å². The summed E-state index contributed by atoms with van der Waals surface area (Å²) < 4.78 is 32.7. The second kappa shape index (κ2) is 7.74. The van der Waals surface area contributed by atoms with Gasteiger partial charge in [0.1, 0.15) is 11.9 Å². The number of nitrogens with zero attached hydrogens (tertiary/aromatic N) is 2. The molecule has 4 nitrogen and oxygen atoms in total. The minimum Gasteiger partial charge on any atom is -0.456 e. The van der Waals surface area contributed by atoms with Crippen molar-refractivity contribution in [3.8, 4) is 6.01 Å². The largest absolute Gasteiger partial charge is 0.456 e. The summed E-state index contributed by atoms with van der Waals surface area (Å²) in [4.78, 5) is 7.92. The maximum Gasteiger partial charge on any atom is 0.319 e. The number of hydrogen-bond donors (Lipinski definition) is 1. The van der Waals surface area contributed by atoms with E-state index in [2.05, 4.69) is 21.9 Å². The second-order valence-corrected chi connectivity index (χ2v) is 5.63. The maximum absolute atomic E-state index is 14.0. The fourth-order valence-corrected chi connectivity index (χ4v) is 2.31. The Balaban J connectivity index is 1.75. The van der Waals surface area contributed by atoms with Crippen LogP contribution in [0.1, 0.15) is 24.2 Å². The van der Waals surface area contributed by atoms with Crippen LogP contribution in [0.4, 0.5) is 14.6 Å². The van der Waals surface area contributed by atoms with E-state index in [0.29, 0.717) is 5.70 Å². The highest BCUT2D eigenvalue weighted by atomic mass is 19.1. The van der Waals surface area contributed by atoms with E-state index in [0.717, 1.165) is 17.3 Å². The summed E-state index contributed by atoms with van der Waals surface area (Å²) in [5.74, 6) is -0.982. The van der Waals surface area contributed by atoms with Crippen LogP contribution >= 0.6 is 0 Å². The van der Waals surface area contributed by atoms with Gasteiger partial charge in [-0.3, -0.25) is 0 Å². The van der Waals surface area contributed by atoms with Crippen LogP contribution in [-0.4, -0.2) is 9.97 Å². The number of nitrogens with one attached hydrogen (secondary N) is 1. The third-order valence-corrected chi connectivity index (χ3v) is 3.74. The number of halogens is 2. The van der Waals surface area contributed by atoms with Gasteiger partial charge in [0.15, 0.2) is 11.6 Å². The molecule has 1 aromatic heterocycles. The molecule has 0 saturated carbocycles. The van der Waals surface area contributed by atoms with Gasteiger partial charge >= 0.3 is 6.01 Å². The highest BCUT2D eigenvalue weighted by Gasteiger charge is 2.13. The van der Waals surface area contributed by atoms with Crippen LogP contribution in [0.25, 0.3) is 5.70 Å². The van der Waals surface area contributed by atoms with Gasteiger partial charge in [0.05, 0.1) is 6.20 Å². The molecule has 0 amide bonds. The summed E-state index contributed by atoms with van der Waals surface area (Å²) >= 11 is 0. The lowest BCUT2D eigenvalue weighted by Gasteiger charge is -2.15. The van der Waals surface area contributed by atoms with Gasteiger partial charge in [0.2, 0.25) is 0 Å². The molecule has 26 heavy (non-hydrogen) atoms. The molecule has 1 atom stereocenters. The lowest BCUT2D eigenvalue weighted by atomic mass is 10.1. The summed E-state index contributed by atoms with van der Waals surface area (Å²) in [6.07, 6.45) is 0.603. The van der Waals surface area contributed by atoms with Crippen molar-refractivity contribution in [2.75, 3.05) is 5.32 Å². The molecule has 1 N–H and O–H groups in total. The molecule has 0 radical (unpaired) electrons. The van der Waals surface area contributed by atoms with Crippen molar-refractivity contribution >= 4 is 11.5 Å². The molecule has 0 aliphatic heterocycles. The van der Waals surface area contributed by atoms with E-state index in [1.807, 2.05) is 30.3 Å². The standard InChI is InChI=1S/C20H17F2N3O/c1-13(15-6-4-3-5-7-15)24-19-18(22)12-23-20(25-19)26-14(2)16-8-10-17(21)11-9-16/h3-12,14H,1H2,2H3,(H,23,24,25). The van der Waals surface area contributed by atoms with Crippen LogP contribution in [0.3, 0.4) is 0 Å². The molecule has 0 fully saturated rings. The number of anilines is 1. The third-order valence-electron chi connectivity index (χ3n) is 3.74. The Bertz CT molecular complexity index is 899. The number of ether oxygens (including phenoxy) is 1. The molecule has 3 rings (SSSR count). The minimum atomic E-state index is -0.621. The van der Waals surface area contributed by atoms with E-state index in [1.54, 1.807) is 19.1 Å². The van der Waals surface area contributed by atoms with E-state index in [9.17, 15) is 8.78 Å². The summed E-state index contributed by atoms with van der Waals surface area (Å²) in [5, 5.41) is 2.84. The molecule has 0 saturated heterocycles. The van der Waals surface area contributed by atoms with E-state index >= 15 is 0 Å². The first-order valence-corrected chi connectivity index (χ1v) is 7.99. The minimum absolute atomic E-state index is 0.00610. The molecule has 0 bridgehead atoms. The van der Waals surface area contributed by atoms with Crippen LogP contribution in [0.2, 0.25) is 0 Å². The van der Waals surface area contributed by atoms with Crippen molar-refractivity contribution in [3.05, 3.63) is 90.1 Å². The van der Waals surface area contributed by atoms with Gasteiger partial charge in [-0.25, -0.2) is 13.8 Å². The van der Waals surface area contributed by atoms with E-state index < -0.39 is 11.9 Å². The van der Waals surface area contributed by atoms with Gasteiger partial charge in [-0.1, -0.05) is 49.0 Å². The fraction of sp³-hybridized carbons (Fsp3) is 0.100. The monoisotopic (exact) mass is 353 g/mol. The van der Waals surface area contributed by atoms with E-state index in [-0.39, 0.29) is 17.6 Å². The van der Waals surface area contributed by atoms with Crippen molar-refractivity contribution in [2.24, 2.45) is 0 Å². The normalized spacial score (nSPS) is 11.7. The Hall–Kier alpha value is -3.28. The van der Waals surface area contributed by atoms with Crippen molar-refractivity contribution in [1.82, 2.24) is 9.97 Å². The Labute approximate surface area is 150 Å². The number of hydrogen-bond acceptors (Lipinski definition) is 4. The Morgan fingerprint density at radius 3 is 2.46 bits per heavy atom. The zero-order chi connectivity index (χ0) is 18.5. The molecule has 0 spiro atoms. The summed E-state index contributed by atoms with van der Waals surface area (Å²) in [6, 6.07) is 15.2. The van der Waals surface area contributed by atoms with Crippen molar-refractivity contribution in [1.29, 1.82) is 0 Å². The molecule has 6 heteroatoms. The smallest absolute Gasteiger partial charge is 0.319 e. The average molecular weight is 353 g/mol. The Kier molecular flexibility index (Phi) is 5.22. The quantitative estimate of drug-likeness (QED) is 0.679. The maximum atomic E-state index is 14.0. The van der Waals surface area contributed by atoms with Gasteiger partial charge in [-0.15, -0.1) is 0 Å². The van der Waals surface area contributed by atoms with Crippen LogP contribution in [0.15, 0.2) is 67.4 Å². The molecule has 1 unspecified atom stereocenters. The molecule has 1 heterocycles. The zero-order valence-corrected chi connectivity index (χ0v) is 14.1. The summed E-state index contributed by atoms with van der Waals surface area (Å²) in [5.41, 5.74) is 2.07. The Morgan fingerprint density at radius 2 is 1.77 bits per heavy atom. The zero-order valence-electron chi connectivity index (χ0n) is 14.1. The number of benzene rings is 2. The van der Waals surface area contributed by atoms with Gasteiger partial charge in [-0.05, 0) is 30.2 Å². The first kappa shape index (κ1) is 17.5. The molecule has 132 valence electrons.